The Balaban J connectivity index is 1.17. The van der Waals surface area contributed by atoms with Gasteiger partial charge in [0.25, 0.3) is 0 Å². The summed E-state index contributed by atoms with van der Waals surface area (Å²) in [6.07, 6.45) is 1.80. The van der Waals surface area contributed by atoms with E-state index in [1.54, 1.807) is 6.20 Å². The van der Waals surface area contributed by atoms with E-state index in [0.717, 1.165) is 84.4 Å². The first kappa shape index (κ1) is 32.5. The highest BCUT2D eigenvalue weighted by molar-refractivity contribution is 5.90. The van der Waals surface area contributed by atoms with Gasteiger partial charge in [-0.3, -0.25) is 4.98 Å². The number of rotatable bonds is 8. The number of aromatic nitrogens is 5. The van der Waals surface area contributed by atoms with E-state index in [-0.39, 0.29) is 0 Å². The topological polar surface area (TPSA) is 64.5 Å². The van der Waals surface area contributed by atoms with Crippen molar-refractivity contribution in [3.8, 4) is 90.2 Å². The quantitative estimate of drug-likeness (QED) is 0.159. The zero-order chi connectivity index (χ0) is 36.1. The molecule has 0 spiro atoms. The Labute approximate surface area is 314 Å². The highest BCUT2D eigenvalue weighted by atomic mass is 14.9. The maximum atomic E-state index is 5.26. The first-order valence-electron chi connectivity index (χ1n) is 17.9. The summed E-state index contributed by atoms with van der Waals surface area (Å²) in [5.41, 5.74) is 13.9. The van der Waals surface area contributed by atoms with Gasteiger partial charge in [0, 0.05) is 28.5 Å². The minimum atomic E-state index is 0.659. The van der Waals surface area contributed by atoms with Gasteiger partial charge in [0.05, 0.1) is 39.9 Å². The van der Waals surface area contributed by atoms with Crippen LogP contribution in [-0.2, 0) is 0 Å². The molecular weight excluding hydrogens is 659 g/mol. The number of hydrogen-bond donors (Lipinski definition) is 0. The van der Waals surface area contributed by atoms with Gasteiger partial charge in [-0.25, -0.2) is 19.9 Å². The molecule has 0 aliphatic rings. The lowest BCUT2D eigenvalue weighted by atomic mass is 9.93. The van der Waals surface area contributed by atoms with Crippen molar-refractivity contribution in [2.45, 2.75) is 0 Å². The molecule has 0 aliphatic carbocycles. The van der Waals surface area contributed by atoms with Crippen molar-refractivity contribution in [3.05, 3.63) is 200 Å². The van der Waals surface area contributed by atoms with Crippen LogP contribution in [0.1, 0.15) is 0 Å². The van der Waals surface area contributed by atoms with Crippen LogP contribution in [-0.4, -0.2) is 24.9 Å². The van der Waals surface area contributed by atoms with Crippen LogP contribution in [0.5, 0.6) is 0 Å². The molecule has 0 atom stereocenters. The van der Waals surface area contributed by atoms with Crippen LogP contribution in [0.2, 0.25) is 0 Å². The highest BCUT2D eigenvalue weighted by Crippen LogP contribution is 2.39. The van der Waals surface area contributed by atoms with Crippen LogP contribution in [0, 0.1) is 0 Å². The fourth-order valence-electron chi connectivity index (χ4n) is 6.77. The van der Waals surface area contributed by atoms with E-state index >= 15 is 0 Å². The molecule has 0 N–H and O–H groups in total. The van der Waals surface area contributed by atoms with Gasteiger partial charge in [-0.15, -0.1) is 0 Å². The van der Waals surface area contributed by atoms with Crippen molar-refractivity contribution >= 4 is 0 Å². The molecule has 0 radical (unpaired) electrons. The van der Waals surface area contributed by atoms with Crippen molar-refractivity contribution < 1.29 is 0 Å². The molecule has 0 bridgehead atoms. The second-order valence-corrected chi connectivity index (χ2v) is 12.9. The van der Waals surface area contributed by atoms with E-state index in [1.165, 1.54) is 0 Å². The number of nitrogens with zero attached hydrogens (tertiary/aromatic N) is 5. The smallest absolute Gasteiger partial charge is 0.161 e. The lowest BCUT2D eigenvalue weighted by molar-refractivity contribution is 1.18. The summed E-state index contributed by atoms with van der Waals surface area (Å²) >= 11 is 0. The maximum absolute atomic E-state index is 5.26. The fourth-order valence-corrected chi connectivity index (χ4v) is 6.77. The van der Waals surface area contributed by atoms with Gasteiger partial charge >= 0.3 is 0 Å². The van der Waals surface area contributed by atoms with Crippen LogP contribution < -0.4 is 0 Å². The molecule has 254 valence electrons. The van der Waals surface area contributed by atoms with E-state index in [4.69, 9.17) is 19.9 Å². The zero-order valence-electron chi connectivity index (χ0n) is 29.3. The summed E-state index contributed by atoms with van der Waals surface area (Å²) in [6.45, 7) is 0. The van der Waals surface area contributed by atoms with E-state index < -0.39 is 0 Å². The monoisotopic (exact) mass is 691 g/mol. The molecule has 0 unspecified atom stereocenters. The molecule has 5 aromatic carbocycles. The third-order valence-electron chi connectivity index (χ3n) is 9.40. The van der Waals surface area contributed by atoms with Crippen molar-refractivity contribution in [1.82, 2.24) is 24.9 Å². The summed E-state index contributed by atoms with van der Waals surface area (Å²) < 4.78 is 0. The molecule has 0 amide bonds. The van der Waals surface area contributed by atoms with Crippen molar-refractivity contribution in [3.63, 3.8) is 0 Å². The second kappa shape index (κ2) is 14.7. The van der Waals surface area contributed by atoms with Gasteiger partial charge in [0.2, 0.25) is 0 Å². The molecule has 9 aromatic rings. The maximum Gasteiger partial charge on any atom is 0.161 e. The van der Waals surface area contributed by atoms with Gasteiger partial charge in [0.1, 0.15) is 0 Å². The summed E-state index contributed by atoms with van der Waals surface area (Å²) in [6, 6.07) is 66.0. The van der Waals surface area contributed by atoms with Crippen molar-refractivity contribution in [1.29, 1.82) is 0 Å². The van der Waals surface area contributed by atoms with Crippen molar-refractivity contribution in [2.75, 3.05) is 0 Å². The number of pyridine rings is 3. The van der Waals surface area contributed by atoms with Gasteiger partial charge in [-0.2, -0.15) is 0 Å². The molecule has 4 heterocycles. The average molecular weight is 692 g/mol. The predicted octanol–water partition coefficient (Wildman–Crippen LogP) is 12.0. The average Bonchev–Trinajstić information content (AvgIpc) is 3.27. The van der Waals surface area contributed by atoms with E-state index in [2.05, 4.69) is 126 Å². The Morgan fingerprint density at radius 3 is 1.31 bits per heavy atom. The minimum Gasteiger partial charge on any atom is -0.255 e. The summed E-state index contributed by atoms with van der Waals surface area (Å²) in [5, 5.41) is 0. The van der Waals surface area contributed by atoms with Crippen LogP contribution in [0.25, 0.3) is 90.2 Å². The third kappa shape index (κ3) is 6.70. The first-order chi connectivity index (χ1) is 26.8. The molecule has 54 heavy (non-hydrogen) atoms. The second-order valence-electron chi connectivity index (χ2n) is 12.9. The van der Waals surface area contributed by atoms with E-state index in [1.807, 2.05) is 72.8 Å². The highest BCUT2D eigenvalue weighted by Gasteiger charge is 2.18. The Morgan fingerprint density at radius 1 is 0.241 bits per heavy atom. The molecule has 5 heteroatoms. The largest absolute Gasteiger partial charge is 0.255 e. The molecule has 0 fully saturated rings. The Kier molecular flexibility index (Phi) is 8.86. The standard InChI is InChI=1S/C49H33N5/c1-4-17-34(18-5-1)37-31-47(43-27-14-15-30-50-43)52-48(32-37)44-29-16-28-42(51-44)40-25-12-10-23-38(40)39-24-11-13-26-41(39)49-53-45(35-19-6-2-7-20-35)33-46(54-49)36-21-8-3-9-22-36/h1-33H. The molecule has 4 aromatic heterocycles. The van der Waals surface area contributed by atoms with Crippen LogP contribution in [0.3, 0.4) is 0 Å². The number of hydrogen-bond acceptors (Lipinski definition) is 5. The lowest BCUT2D eigenvalue weighted by Gasteiger charge is -2.15. The fraction of sp³-hybridized carbons (Fsp3) is 0. The van der Waals surface area contributed by atoms with Gasteiger partial charge in [0.15, 0.2) is 5.82 Å². The van der Waals surface area contributed by atoms with E-state index in [0.29, 0.717) is 5.82 Å². The SMILES string of the molecule is c1ccc(-c2cc(-c3ccccn3)nc(-c3cccc(-c4ccccc4-c4ccccc4-c4nc(-c5ccccc5)cc(-c5ccccc5)n4)n3)c2)cc1. The van der Waals surface area contributed by atoms with Crippen molar-refractivity contribution in [2.24, 2.45) is 0 Å². The molecular formula is C49H33N5. The van der Waals surface area contributed by atoms with Crippen LogP contribution >= 0.6 is 0 Å². The number of benzene rings is 5. The van der Waals surface area contributed by atoms with Crippen LogP contribution in [0.15, 0.2) is 200 Å². The lowest BCUT2D eigenvalue weighted by Crippen LogP contribution is -1.98. The summed E-state index contributed by atoms with van der Waals surface area (Å²) in [5.74, 6) is 0.659. The molecule has 9 rings (SSSR count). The zero-order valence-corrected chi connectivity index (χ0v) is 29.3. The predicted molar refractivity (Wildman–Crippen MR) is 219 cm³/mol. The Bertz CT molecular complexity index is 2580. The Morgan fingerprint density at radius 2 is 0.704 bits per heavy atom. The molecule has 0 saturated carbocycles. The van der Waals surface area contributed by atoms with Gasteiger partial charge in [-0.1, -0.05) is 152 Å². The molecule has 0 saturated heterocycles. The summed E-state index contributed by atoms with van der Waals surface area (Å²) in [4.78, 5) is 25.3. The molecule has 0 aliphatic heterocycles. The van der Waals surface area contributed by atoms with Gasteiger partial charge < -0.3 is 0 Å². The van der Waals surface area contributed by atoms with E-state index in [9.17, 15) is 0 Å². The minimum absolute atomic E-state index is 0.659. The summed E-state index contributed by atoms with van der Waals surface area (Å²) in [7, 11) is 0. The normalized spacial score (nSPS) is 11.0. The van der Waals surface area contributed by atoms with Crippen LogP contribution in [0.4, 0.5) is 0 Å². The molecule has 5 nitrogen and oxygen atoms in total. The van der Waals surface area contributed by atoms with Gasteiger partial charge in [-0.05, 0) is 64.7 Å². The first-order valence-corrected chi connectivity index (χ1v) is 17.9. The Hall–Kier alpha value is -7.37. The third-order valence-corrected chi connectivity index (χ3v) is 9.40.